The van der Waals surface area contributed by atoms with Gasteiger partial charge >= 0.3 is 0 Å². The van der Waals surface area contributed by atoms with Gasteiger partial charge in [0.2, 0.25) is 0 Å². The topological polar surface area (TPSA) is 49.5 Å². The average Bonchev–Trinajstić information content (AvgIpc) is 2.35. The van der Waals surface area contributed by atoms with Gasteiger partial charge in [-0.05, 0) is 30.1 Å². The van der Waals surface area contributed by atoms with Crippen molar-refractivity contribution in [2.75, 3.05) is 19.6 Å². The second kappa shape index (κ2) is 3.97. The van der Waals surface area contributed by atoms with Crippen LogP contribution >= 0.6 is 0 Å². The third-order valence-corrected chi connectivity index (χ3v) is 4.24. The van der Waals surface area contributed by atoms with Crippen LogP contribution in [0.1, 0.15) is 40.0 Å². The van der Waals surface area contributed by atoms with Crippen LogP contribution in [-0.4, -0.2) is 41.8 Å². The number of fused-ring (bicyclic) bond motifs is 2. The lowest BCUT2D eigenvalue weighted by Gasteiger charge is -2.40. The maximum absolute atomic E-state index is 9.69. The van der Waals surface area contributed by atoms with E-state index in [1.807, 2.05) is 0 Å². The maximum Gasteiger partial charge on any atom is 0.0789 e. The van der Waals surface area contributed by atoms with Crippen LogP contribution in [0, 0.1) is 10.8 Å². The van der Waals surface area contributed by atoms with Gasteiger partial charge in [0, 0.05) is 25.7 Å². The number of aliphatic hydroxyl groups excluding tert-OH is 1. The summed E-state index contributed by atoms with van der Waals surface area (Å²) >= 11 is 0. The Morgan fingerprint density at radius 1 is 1.38 bits per heavy atom. The summed E-state index contributed by atoms with van der Waals surface area (Å²) in [6.45, 7) is 9.42. The van der Waals surface area contributed by atoms with Crippen molar-refractivity contribution in [3.8, 4) is 0 Å². The van der Waals surface area contributed by atoms with Gasteiger partial charge in [-0.25, -0.2) is 0 Å². The zero-order valence-electron chi connectivity index (χ0n) is 10.9. The highest BCUT2D eigenvalue weighted by atomic mass is 16.3. The lowest BCUT2D eigenvalue weighted by Crippen LogP contribution is -2.40. The Balaban J connectivity index is 2.04. The largest absolute Gasteiger partial charge is 0.390 e. The van der Waals surface area contributed by atoms with Crippen LogP contribution in [0.25, 0.3) is 0 Å². The quantitative estimate of drug-likeness (QED) is 0.760. The minimum absolute atomic E-state index is 0.355. The average molecular weight is 226 g/mol. The molecular formula is C13H26N2O. The molecule has 1 unspecified atom stereocenters. The van der Waals surface area contributed by atoms with Gasteiger partial charge in [-0.2, -0.15) is 0 Å². The van der Waals surface area contributed by atoms with Gasteiger partial charge in [0.25, 0.3) is 0 Å². The first-order valence-electron chi connectivity index (χ1n) is 6.46. The number of aliphatic hydroxyl groups is 1. The highest BCUT2D eigenvalue weighted by Crippen LogP contribution is 2.52. The molecule has 1 saturated heterocycles. The van der Waals surface area contributed by atoms with E-state index in [9.17, 15) is 5.11 Å². The summed E-state index contributed by atoms with van der Waals surface area (Å²) in [5.41, 5.74) is 6.41. The van der Waals surface area contributed by atoms with E-state index in [1.54, 1.807) is 0 Å². The molecule has 3 heteroatoms. The van der Waals surface area contributed by atoms with Gasteiger partial charge in [-0.15, -0.1) is 0 Å². The van der Waals surface area contributed by atoms with Gasteiger partial charge < -0.3 is 10.8 Å². The van der Waals surface area contributed by atoms with E-state index in [0.29, 0.717) is 23.4 Å². The molecule has 3 atom stereocenters. The molecule has 0 amide bonds. The van der Waals surface area contributed by atoms with E-state index in [-0.39, 0.29) is 6.10 Å². The smallest absolute Gasteiger partial charge is 0.0789 e. The second-order valence-electron chi connectivity index (χ2n) is 7.03. The maximum atomic E-state index is 9.69. The molecule has 2 rings (SSSR count). The summed E-state index contributed by atoms with van der Waals surface area (Å²) in [4.78, 5) is 2.46. The molecule has 3 N–H and O–H groups in total. The fourth-order valence-electron chi connectivity index (χ4n) is 4.14. The van der Waals surface area contributed by atoms with Crippen LogP contribution in [0.3, 0.4) is 0 Å². The lowest BCUT2D eigenvalue weighted by molar-refractivity contribution is 0.0962. The molecule has 1 aliphatic heterocycles. The van der Waals surface area contributed by atoms with E-state index in [4.69, 9.17) is 5.73 Å². The van der Waals surface area contributed by atoms with Crippen LogP contribution in [-0.2, 0) is 0 Å². The first-order valence-corrected chi connectivity index (χ1v) is 6.46. The van der Waals surface area contributed by atoms with Gasteiger partial charge in [0.15, 0.2) is 0 Å². The number of β-amino-alcohol motifs (C(OH)–C–C–N with tert-alkyl or cyclic N) is 1. The first kappa shape index (κ1) is 12.3. The second-order valence-corrected chi connectivity index (χ2v) is 7.03. The van der Waals surface area contributed by atoms with Crippen molar-refractivity contribution in [2.24, 2.45) is 16.6 Å². The Labute approximate surface area is 99.0 Å². The van der Waals surface area contributed by atoms with Crippen LogP contribution in [0.5, 0.6) is 0 Å². The Bertz CT molecular complexity index is 267. The first-order chi connectivity index (χ1) is 7.34. The Morgan fingerprint density at radius 3 is 2.69 bits per heavy atom. The summed E-state index contributed by atoms with van der Waals surface area (Å²) in [6, 6.07) is 0.662. The number of rotatable bonds is 3. The predicted molar refractivity (Wildman–Crippen MR) is 66.2 cm³/mol. The number of hydrogen-bond acceptors (Lipinski definition) is 3. The molecule has 94 valence electrons. The molecule has 1 saturated carbocycles. The summed E-state index contributed by atoms with van der Waals surface area (Å²) < 4.78 is 0. The molecule has 16 heavy (non-hydrogen) atoms. The summed E-state index contributed by atoms with van der Waals surface area (Å²) in [7, 11) is 0. The molecule has 3 nitrogen and oxygen atoms in total. The van der Waals surface area contributed by atoms with E-state index < -0.39 is 0 Å². The molecule has 2 aliphatic rings. The number of hydrogen-bond donors (Lipinski definition) is 2. The molecule has 0 aromatic rings. The molecule has 2 fully saturated rings. The third kappa shape index (κ3) is 2.41. The molecule has 0 aromatic carbocycles. The molecule has 2 bridgehead atoms. The van der Waals surface area contributed by atoms with E-state index >= 15 is 0 Å². The minimum Gasteiger partial charge on any atom is -0.390 e. The highest BCUT2D eigenvalue weighted by Gasteiger charge is 2.49. The summed E-state index contributed by atoms with van der Waals surface area (Å²) in [6.07, 6.45) is 3.52. The van der Waals surface area contributed by atoms with Gasteiger partial charge in [0.05, 0.1) is 6.10 Å². The normalized spacial score (nSPS) is 39.9. The van der Waals surface area contributed by atoms with E-state index in [2.05, 4.69) is 25.7 Å². The zero-order chi connectivity index (χ0) is 12.0. The number of nitrogens with zero attached hydrogens (tertiary/aromatic N) is 1. The van der Waals surface area contributed by atoms with Crippen molar-refractivity contribution >= 4 is 0 Å². The fourth-order valence-corrected chi connectivity index (χ4v) is 4.14. The molecule has 1 heterocycles. The van der Waals surface area contributed by atoms with E-state index in [0.717, 1.165) is 13.1 Å². The zero-order valence-corrected chi connectivity index (χ0v) is 10.9. The minimum atomic E-state index is -0.355. The summed E-state index contributed by atoms with van der Waals surface area (Å²) in [5, 5.41) is 9.69. The SMILES string of the molecule is CC1(C)C[C@@H]2C[C@@](C)(CN2CC(O)CN)C1. The Morgan fingerprint density at radius 2 is 2.06 bits per heavy atom. The van der Waals surface area contributed by atoms with Crippen LogP contribution in [0.4, 0.5) is 0 Å². The molecule has 0 aromatic heterocycles. The molecule has 0 spiro atoms. The summed E-state index contributed by atoms with van der Waals surface area (Å²) in [5.74, 6) is 0. The molecular weight excluding hydrogens is 200 g/mol. The van der Waals surface area contributed by atoms with Crippen molar-refractivity contribution in [1.29, 1.82) is 0 Å². The van der Waals surface area contributed by atoms with E-state index in [1.165, 1.54) is 19.3 Å². The van der Waals surface area contributed by atoms with Gasteiger partial charge in [-0.1, -0.05) is 20.8 Å². The van der Waals surface area contributed by atoms with Crippen LogP contribution in [0.15, 0.2) is 0 Å². The van der Waals surface area contributed by atoms with Crippen molar-refractivity contribution < 1.29 is 5.11 Å². The van der Waals surface area contributed by atoms with Crippen molar-refractivity contribution in [3.05, 3.63) is 0 Å². The number of likely N-dealkylation sites (tertiary alicyclic amines) is 1. The lowest BCUT2D eigenvalue weighted by atomic mass is 9.65. The molecule has 1 aliphatic carbocycles. The van der Waals surface area contributed by atoms with Gasteiger partial charge in [0.1, 0.15) is 0 Å². The Hall–Kier alpha value is -0.120. The van der Waals surface area contributed by atoms with Crippen molar-refractivity contribution in [2.45, 2.75) is 52.2 Å². The van der Waals surface area contributed by atoms with Crippen molar-refractivity contribution in [1.82, 2.24) is 4.90 Å². The van der Waals surface area contributed by atoms with Crippen LogP contribution < -0.4 is 5.73 Å². The van der Waals surface area contributed by atoms with Gasteiger partial charge in [-0.3, -0.25) is 4.90 Å². The molecule has 0 radical (unpaired) electrons. The number of nitrogens with two attached hydrogens (primary N) is 1. The highest BCUT2D eigenvalue weighted by molar-refractivity contribution is 5.02. The standard InChI is InChI=1S/C13H26N2O/c1-12(2)4-10-5-13(3,8-12)9-15(10)7-11(16)6-14/h10-11,16H,4-9,14H2,1-3H3/t10-,11?,13-/m1/s1. The fraction of sp³-hybridized carbons (Fsp3) is 1.00. The predicted octanol–water partition coefficient (Wildman–Crippen LogP) is 1.21. The Kier molecular flexibility index (Phi) is 3.06. The van der Waals surface area contributed by atoms with Crippen molar-refractivity contribution in [3.63, 3.8) is 0 Å². The third-order valence-electron chi connectivity index (χ3n) is 4.24. The monoisotopic (exact) mass is 226 g/mol. The van der Waals surface area contributed by atoms with Crippen LogP contribution in [0.2, 0.25) is 0 Å².